The van der Waals surface area contributed by atoms with E-state index in [2.05, 4.69) is 10.3 Å². The second-order valence-electron chi connectivity index (χ2n) is 3.58. The molecule has 1 heterocycles. The van der Waals surface area contributed by atoms with Crippen molar-refractivity contribution in [3.63, 3.8) is 0 Å². The fraction of sp³-hybridized carbons (Fsp3) is 0. The van der Waals surface area contributed by atoms with Crippen LogP contribution in [-0.2, 0) is 0 Å². The number of pyridine rings is 1. The van der Waals surface area contributed by atoms with Gasteiger partial charge in [-0.05, 0) is 24.3 Å². The Bertz CT molecular complexity index is 624. The lowest BCUT2D eigenvalue weighted by Gasteiger charge is -2.08. The zero-order valence-corrected chi connectivity index (χ0v) is 11.6. The van der Waals surface area contributed by atoms with Gasteiger partial charge in [0.15, 0.2) is 5.75 Å². The highest BCUT2D eigenvalue weighted by Crippen LogP contribution is 2.34. The molecule has 0 bridgehead atoms. The summed E-state index contributed by atoms with van der Waals surface area (Å²) < 4.78 is 0. The van der Waals surface area contributed by atoms with E-state index in [1.807, 2.05) is 0 Å². The number of hydrogen-bond acceptors (Lipinski definition) is 3. The lowest BCUT2D eigenvalue weighted by atomic mass is 10.2. The van der Waals surface area contributed by atoms with Gasteiger partial charge in [-0.1, -0.05) is 34.8 Å². The van der Waals surface area contributed by atoms with Gasteiger partial charge in [0.05, 0.1) is 15.6 Å². The molecular weight excluding hydrogens is 311 g/mol. The smallest absolute Gasteiger partial charge is 0.258 e. The van der Waals surface area contributed by atoms with Crippen LogP contribution in [0.4, 0.5) is 5.69 Å². The summed E-state index contributed by atoms with van der Waals surface area (Å²) in [5.41, 5.74) is 0.571. The Morgan fingerprint density at radius 2 is 1.84 bits per heavy atom. The van der Waals surface area contributed by atoms with Crippen LogP contribution in [0.1, 0.15) is 10.4 Å². The van der Waals surface area contributed by atoms with Crippen molar-refractivity contribution in [2.24, 2.45) is 0 Å². The molecule has 1 aromatic heterocycles. The van der Waals surface area contributed by atoms with E-state index in [9.17, 15) is 9.90 Å². The quantitative estimate of drug-likeness (QED) is 0.650. The summed E-state index contributed by atoms with van der Waals surface area (Å²) in [6.07, 6.45) is 1.48. The van der Waals surface area contributed by atoms with Gasteiger partial charge in [0, 0.05) is 11.9 Å². The van der Waals surface area contributed by atoms with E-state index >= 15 is 0 Å². The van der Waals surface area contributed by atoms with Gasteiger partial charge in [-0.2, -0.15) is 0 Å². The van der Waals surface area contributed by atoms with Crippen LogP contribution in [0.3, 0.4) is 0 Å². The third-order valence-electron chi connectivity index (χ3n) is 2.28. The lowest BCUT2D eigenvalue weighted by Crippen LogP contribution is -2.12. The SMILES string of the molecule is O=C(Nc1cc(Cl)c(O)c(Cl)c1)c1cccnc1Cl. The fourth-order valence-corrected chi connectivity index (χ4v) is 2.08. The van der Waals surface area contributed by atoms with Gasteiger partial charge in [0.25, 0.3) is 5.91 Å². The highest BCUT2D eigenvalue weighted by Gasteiger charge is 2.13. The van der Waals surface area contributed by atoms with Crippen LogP contribution >= 0.6 is 34.8 Å². The van der Waals surface area contributed by atoms with Gasteiger partial charge in [-0.25, -0.2) is 4.98 Å². The molecule has 0 saturated heterocycles. The topological polar surface area (TPSA) is 62.2 Å². The molecule has 2 N–H and O–H groups in total. The van der Waals surface area contributed by atoms with E-state index < -0.39 is 5.91 Å². The minimum atomic E-state index is -0.448. The number of nitrogens with zero attached hydrogens (tertiary/aromatic N) is 1. The average Bonchev–Trinajstić information content (AvgIpc) is 2.36. The van der Waals surface area contributed by atoms with Crippen LogP contribution in [-0.4, -0.2) is 16.0 Å². The number of phenols is 1. The maximum Gasteiger partial charge on any atom is 0.258 e. The van der Waals surface area contributed by atoms with Crippen molar-refractivity contribution in [1.82, 2.24) is 4.98 Å². The largest absolute Gasteiger partial charge is 0.505 e. The number of phenolic OH excluding ortho intramolecular Hbond substituents is 1. The summed E-state index contributed by atoms with van der Waals surface area (Å²) >= 11 is 17.3. The van der Waals surface area contributed by atoms with Crippen LogP contribution < -0.4 is 5.32 Å². The van der Waals surface area contributed by atoms with Crippen molar-refractivity contribution in [1.29, 1.82) is 0 Å². The molecule has 2 aromatic rings. The first kappa shape index (κ1) is 13.9. The maximum atomic E-state index is 12.0. The van der Waals surface area contributed by atoms with E-state index in [4.69, 9.17) is 34.8 Å². The number of carbonyl (C=O) groups is 1. The predicted octanol–water partition coefficient (Wildman–Crippen LogP) is 4.00. The number of rotatable bonds is 2. The van der Waals surface area contributed by atoms with E-state index in [1.165, 1.54) is 24.4 Å². The van der Waals surface area contributed by atoms with E-state index in [0.717, 1.165) is 0 Å². The first-order valence-electron chi connectivity index (χ1n) is 5.09. The molecule has 0 fully saturated rings. The molecule has 0 aliphatic rings. The van der Waals surface area contributed by atoms with Gasteiger partial charge in [0.2, 0.25) is 0 Å². The van der Waals surface area contributed by atoms with Crippen LogP contribution in [0.25, 0.3) is 0 Å². The van der Waals surface area contributed by atoms with Crippen molar-refractivity contribution >= 4 is 46.4 Å². The van der Waals surface area contributed by atoms with Crippen LogP contribution in [0.15, 0.2) is 30.5 Å². The van der Waals surface area contributed by atoms with Crippen LogP contribution in [0.2, 0.25) is 15.2 Å². The van der Waals surface area contributed by atoms with Gasteiger partial charge in [0.1, 0.15) is 5.15 Å². The summed E-state index contributed by atoms with van der Waals surface area (Å²) in [4.78, 5) is 15.8. The molecule has 0 atom stereocenters. The van der Waals surface area contributed by atoms with E-state index in [0.29, 0.717) is 5.69 Å². The molecule has 19 heavy (non-hydrogen) atoms. The molecule has 0 spiro atoms. The third-order valence-corrected chi connectivity index (χ3v) is 3.16. The minimum absolute atomic E-state index is 0.0417. The Labute approximate surface area is 123 Å². The molecule has 7 heteroatoms. The van der Waals surface area contributed by atoms with Crippen molar-refractivity contribution in [3.05, 3.63) is 51.2 Å². The zero-order chi connectivity index (χ0) is 14.0. The molecule has 4 nitrogen and oxygen atoms in total. The van der Waals surface area contributed by atoms with Gasteiger partial charge in [-0.15, -0.1) is 0 Å². The number of halogens is 3. The molecule has 0 radical (unpaired) electrons. The number of aromatic hydroxyl groups is 1. The Morgan fingerprint density at radius 1 is 1.21 bits per heavy atom. The zero-order valence-electron chi connectivity index (χ0n) is 9.32. The van der Waals surface area contributed by atoms with Gasteiger partial charge in [-0.3, -0.25) is 4.79 Å². The number of benzene rings is 1. The highest BCUT2D eigenvalue weighted by atomic mass is 35.5. The lowest BCUT2D eigenvalue weighted by molar-refractivity contribution is 0.102. The highest BCUT2D eigenvalue weighted by molar-refractivity contribution is 6.37. The number of hydrogen-bond donors (Lipinski definition) is 2. The summed E-state index contributed by atoms with van der Waals surface area (Å²) in [5, 5.41) is 12.2. The molecule has 0 aliphatic carbocycles. The van der Waals surface area contributed by atoms with Crippen LogP contribution in [0.5, 0.6) is 5.75 Å². The van der Waals surface area contributed by atoms with Crippen molar-refractivity contribution < 1.29 is 9.90 Å². The second-order valence-corrected chi connectivity index (χ2v) is 4.76. The first-order valence-corrected chi connectivity index (χ1v) is 6.22. The minimum Gasteiger partial charge on any atom is -0.505 e. The normalized spacial score (nSPS) is 10.3. The Morgan fingerprint density at radius 3 is 2.42 bits per heavy atom. The van der Waals surface area contributed by atoms with Crippen LogP contribution in [0, 0.1) is 0 Å². The summed E-state index contributed by atoms with van der Waals surface area (Å²) in [7, 11) is 0. The van der Waals surface area contributed by atoms with Crippen molar-refractivity contribution in [2.45, 2.75) is 0 Å². The monoisotopic (exact) mass is 316 g/mol. The first-order chi connectivity index (χ1) is 8.99. The average molecular weight is 318 g/mol. The summed E-state index contributed by atoms with van der Waals surface area (Å²) in [5.74, 6) is -0.684. The van der Waals surface area contributed by atoms with Crippen molar-refractivity contribution in [2.75, 3.05) is 5.32 Å². The second kappa shape index (κ2) is 5.65. The van der Waals surface area contributed by atoms with Gasteiger partial charge >= 0.3 is 0 Å². The molecule has 2 rings (SSSR count). The Hall–Kier alpha value is -1.49. The van der Waals surface area contributed by atoms with Crippen molar-refractivity contribution in [3.8, 4) is 5.75 Å². The molecule has 1 aromatic carbocycles. The standard InChI is InChI=1S/C12H7Cl3N2O2/c13-8-4-6(5-9(14)10(8)18)17-12(19)7-2-1-3-16-11(7)15/h1-5,18H,(H,17,19). The van der Waals surface area contributed by atoms with Gasteiger partial charge < -0.3 is 10.4 Å². The number of carbonyl (C=O) groups excluding carboxylic acids is 1. The maximum absolute atomic E-state index is 12.0. The Balaban J connectivity index is 2.27. The van der Waals surface area contributed by atoms with E-state index in [-0.39, 0.29) is 26.5 Å². The molecule has 0 aliphatic heterocycles. The predicted molar refractivity (Wildman–Crippen MR) is 75.3 cm³/mol. The molecule has 98 valence electrons. The summed E-state index contributed by atoms with van der Waals surface area (Å²) in [6.45, 7) is 0. The molecule has 0 unspecified atom stereocenters. The number of aromatic nitrogens is 1. The fourth-order valence-electron chi connectivity index (χ4n) is 1.39. The number of amides is 1. The van der Waals surface area contributed by atoms with E-state index in [1.54, 1.807) is 6.07 Å². The number of nitrogens with one attached hydrogen (secondary N) is 1. The summed E-state index contributed by atoms with van der Waals surface area (Å²) in [6, 6.07) is 5.89. The number of anilines is 1. The third kappa shape index (κ3) is 3.10. The Kier molecular flexibility index (Phi) is 4.14. The molecule has 1 amide bonds. The molecule has 0 saturated carbocycles. The molecular formula is C12H7Cl3N2O2.